The van der Waals surface area contributed by atoms with Crippen molar-refractivity contribution >= 4 is 16.8 Å². The zero-order valence-electron chi connectivity index (χ0n) is 14.7. The monoisotopic (exact) mass is 331 g/mol. The number of hydrogen-bond donors (Lipinski definition) is 0. The van der Waals surface area contributed by atoms with Crippen LogP contribution in [0.15, 0.2) is 30.5 Å². The first-order valence-corrected chi connectivity index (χ1v) is 8.70. The molecule has 0 saturated carbocycles. The lowest BCUT2D eigenvalue weighted by Gasteiger charge is -2.38. The van der Waals surface area contributed by atoms with Crippen LogP contribution in [0, 0.1) is 5.82 Å². The van der Waals surface area contributed by atoms with Crippen molar-refractivity contribution in [3.63, 3.8) is 0 Å². The molecule has 24 heavy (non-hydrogen) atoms. The average molecular weight is 331 g/mol. The molecule has 5 heteroatoms. The topological polar surface area (TPSA) is 28.5 Å². The van der Waals surface area contributed by atoms with Gasteiger partial charge in [0.25, 0.3) is 0 Å². The Morgan fingerprint density at radius 1 is 1.29 bits per heavy atom. The Bertz CT molecular complexity index is 716. The van der Waals surface area contributed by atoms with Crippen molar-refractivity contribution in [2.24, 2.45) is 0 Å². The lowest BCUT2D eigenvalue weighted by atomic mass is 10.0. The normalized spacial score (nSPS) is 16.9. The highest BCUT2D eigenvalue weighted by Crippen LogP contribution is 2.20. The standard InChI is InChI=1S/C19H26FN3O/c1-14(2)22-10-7-17(8-11-22)21(3)19(24)13-23-9-6-15-4-5-16(20)12-18(15)23/h4-6,9,12,14,17H,7-8,10-11,13H2,1-3H3. The largest absolute Gasteiger partial charge is 0.341 e. The van der Waals surface area contributed by atoms with Gasteiger partial charge in [-0.05, 0) is 56.3 Å². The van der Waals surface area contributed by atoms with E-state index in [0.29, 0.717) is 12.1 Å². The number of aromatic nitrogens is 1. The van der Waals surface area contributed by atoms with Gasteiger partial charge in [0.15, 0.2) is 0 Å². The zero-order valence-corrected chi connectivity index (χ0v) is 14.7. The Labute approximate surface area is 142 Å². The Hall–Kier alpha value is -1.88. The summed E-state index contributed by atoms with van der Waals surface area (Å²) in [6.07, 6.45) is 3.89. The number of hydrogen-bond acceptors (Lipinski definition) is 2. The highest BCUT2D eigenvalue weighted by Gasteiger charge is 2.26. The number of piperidine rings is 1. The minimum Gasteiger partial charge on any atom is -0.341 e. The van der Waals surface area contributed by atoms with E-state index in [1.807, 2.05) is 28.8 Å². The van der Waals surface area contributed by atoms with E-state index in [0.717, 1.165) is 36.8 Å². The van der Waals surface area contributed by atoms with Crippen LogP contribution in [0.1, 0.15) is 26.7 Å². The fourth-order valence-electron chi connectivity index (χ4n) is 3.55. The molecule has 1 saturated heterocycles. The van der Waals surface area contributed by atoms with Crippen LogP contribution in [0.25, 0.3) is 10.9 Å². The lowest BCUT2D eigenvalue weighted by molar-refractivity contribution is -0.133. The summed E-state index contributed by atoms with van der Waals surface area (Å²) in [6.45, 7) is 6.76. The predicted octanol–water partition coefficient (Wildman–Crippen LogP) is 3.11. The van der Waals surface area contributed by atoms with Gasteiger partial charge in [0.05, 0.1) is 5.52 Å². The maximum absolute atomic E-state index is 13.5. The summed E-state index contributed by atoms with van der Waals surface area (Å²) in [5, 5.41) is 0.956. The molecule has 3 rings (SSSR count). The number of amides is 1. The molecule has 0 spiro atoms. The SMILES string of the molecule is CC(C)N1CCC(N(C)C(=O)Cn2ccc3ccc(F)cc32)CC1. The van der Waals surface area contributed by atoms with Crippen molar-refractivity contribution in [1.29, 1.82) is 0 Å². The van der Waals surface area contributed by atoms with Crippen molar-refractivity contribution in [2.75, 3.05) is 20.1 Å². The first-order valence-electron chi connectivity index (χ1n) is 8.70. The van der Waals surface area contributed by atoms with Gasteiger partial charge in [0, 0.05) is 38.4 Å². The summed E-state index contributed by atoms with van der Waals surface area (Å²) in [4.78, 5) is 17.0. The van der Waals surface area contributed by atoms with Crippen molar-refractivity contribution in [3.8, 4) is 0 Å². The number of nitrogens with zero attached hydrogens (tertiary/aromatic N) is 3. The molecular weight excluding hydrogens is 305 g/mol. The van der Waals surface area contributed by atoms with Gasteiger partial charge in [-0.25, -0.2) is 4.39 Å². The van der Waals surface area contributed by atoms with Crippen LogP contribution in [-0.4, -0.2) is 52.5 Å². The number of halogens is 1. The molecule has 0 N–H and O–H groups in total. The summed E-state index contributed by atoms with van der Waals surface area (Å²) in [5.74, 6) is -0.191. The molecule has 1 aliphatic rings. The van der Waals surface area contributed by atoms with Crippen molar-refractivity contribution in [3.05, 3.63) is 36.3 Å². The third-order valence-electron chi connectivity index (χ3n) is 5.21. The second-order valence-corrected chi connectivity index (χ2v) is 7.01. The van der Waals surface area contributed by atoms with E-state index in [-0.39, 0.29) is 18.3 Å². The van der Waals surface area contributed by atoms with E-state index in [1.54, 1.807) is 6.07 Å². The van der Waals surface area contributed by atoms with E-state index in [9.17, 15) is 9.18 Å². The van der Waals surface area contributed by atoms with Crippen LogP contribution >= 0.6 is 0 Å². The maximum Gasteiger partial charge on any atom is 0.242 e. The minimum atomic E-state index is -0.274. The molecule has 1 amide bonds. The Kier molecular flexibility index (Phi) is 4.90. The molecule has 0 bridgehead atoms. The molecule has 1 aromatic carbocycles. The van der Waals surface area contributed by atoms with E-state index in [2.05, 4.69) is 18.7 Å². The number of rotatable bonds is 4. The van der Waals surface area contributed by atoms with Gasteiger partial charge in [0.2, 0.25) is 5.91 Å². The minimum absolute atomic E-state index is 0.0831. The van der Waals surface area contributed by atoms with E-state index in [4.69, 9.17) is 0 Å². The number of carbonyl (C=O) groups is 1. The molecule has 4 nitrogen and oxygen atoms in total. The summed E-state index contributed by atoms with van der Waals surface area (Å²) >= 11 is 0. The first-order chi connectivity index (χ1) is 11.5. The van der Waals surface area contributed by atoms with E-state index >= 15 is 0 Å². The quantitative estimate of drug-likeness (QED) is 0.861. The van der Waals surface area contributed by atoms with Crippen molar-refractivity contribution < 1.29 is 9.18 Å². The summed E-state index contributed by atoms with van der Waals surface area (Å²) < 4.78 is 15.3. The second kappa shape index (κ2) is 6.93. The fourth-order valence-corrected chi connectivity index (χ4v) is 3.55. The highest BCUT2D eigenvalue weighted by atomic mass is 19.1. The fraction of sp³-hybridized carbons (Fsp3) is 0.526. The first kappa shape index (κ1) is 17.0. The molecule has 0 unspecified atom stereocenters. The molecule has 130 valence electrons. The second-order valence-electron chi connectivity index (χ2n) is 7.01. The third kappa shape index (κ3) is 3.46. The average Bonchev–Trinajstić information content (AvgIpc) is 2.96. The smallest absolute Gasteiger partial charge is 0.242 e. The number of carbonyl (C=O) groups excluding carboxylic acids is 1. The predicted molar refractivity (Wildman–Crippen MR) is 94.4 cm³/mol. The van der Waals surface area contributed by atoms with Gasteiger partial charge >= 0.3 is 0 Å². The van der Waals surface area contributed by atoms with Crippen LogP contribution in [0.2, 0.25) is 0 Å². The summed E-state index contributed by atoms with van der Waals surface area (Å²) in [7, 11) is 1.89. The van der Waals surface area contributed by atoms with E-state index < -0.39 is 0 Å². The Morgan fingerprint density at radius 2 is 2.00 bits per heavy atom. The van der Waals surface area contributed by atoms with Gasteiger partial charge < -0.3 is 14.4 Å². The Morgan fingerprint density at radius 3 is 2.67 bits per heavy atom. The Balaban J connectivity index is 1.65. The van der Waals surface area contributed by atoms with E-state index in [1.165, 1.54) is 12.1 Å². The molecule has 0 radical (unpaired) electrons. The van der Waals surface area contributed by atoms with Crippen LogP contribution in [0.4, 0.5) is 4.39 Å². The molecule has 2 heterocycles. The number of likely N-dealkylation sites (N-methyl/N-ethyl adjacent to an activating group) is 1. The summed E-state index contributed by atoms with van der Waals surface area (Å²) in [5.41, 5.74) is 0.770. The number of likely N-dealkylation sites (tertiary alicyclic amines) is 1. The van der Waals surface area contributed by atoms with Crippen LogP contribution in [0.3, 0.4) is 0 Å². The third-order valence-corrected chi connectivity index (χ3v) is 5.21. The van der Waals surface area contributed by atoms with Gasteiger partial charge in [-0.3, -0.25) is 4.79 Å². The van der Waals surface area contributed by atoms with Gasteiger partial charge in [-0.15, -0.1) is 0 Å². The van der Waals surface area contributed by atoms with Gasteiger partial charge in [0.1, 0.15) is 12.4 Å². The van der Waals surface area contributed by atoms with Gasteiger partial charge in [-0.1, -0.05) is 0 Å². The molecule has 2 aromatic rings. The lowest BCUT2D eigenvalue weighted by Crippen LogP contribution is -2.48. The molecule has 1 fully saturated rings. The van der Waals surface area contributed by atoms with Crippen molar-refractivity contribution in [2.45, 2.75) is 45.3 Å². The molecule has 0 aliphatic carbocycles. The molecule has 1 aromatic heterocycles. The molecular formula is C19H26FN3O. The summed E-state index contributed by atoms with van der Waals surface area (Å²) in [6, 6.07) is 7.46. The van der Waals surface area contributed by atoms with Gasteiger partial charge in [-0.2, -0.15) is 0 Å². The molecule has 0 atom stereocenters. The molecule has 1 aliphatic heterocycles. The number of fused-ring (bicyclic) bond motifs is 1. The van der Waals surface area contributed by atoms with Crippen LogP contribution in [0.5, 0.6) is 0 Å². The number of benzene rings is 1. The van der Waals surface area contributed by atoms with Crippen molar-refractivity contribution in [1.82, 2.24) is 14.4 Å². The maximum atomic E-state index is 13.5. The van der Waals surface area contributed by atoms with Crippen LogP contribution in [-0.2, 0) is 11.3 Å². The highest BCUT2D eigenvalue weighted by molar-refractivity contribution is 5.83. The zero-order chi connectivity index (χ0) is 17.3. The van der Waals surface area contributed by atoms with Crippen LogP contribution < -0.4 is 0 Å².